The molecule has 1 atom stereocenters. The van der Waals surface area contributed by atoms with Crippen LogP contribution in [-0.2, 0) is 0 Å². The Morgan fingerprint density at radius 1 is 1.50 bits per heavy atom. The standard InChI is InChI=1S/C14H21NO3/c1-10-9-18-11(2)13(10)14(17)15-7-4-3-5-12(15)6-8-16/h9,12,16H,3-8H2,1-2H3. The van der Waals surface area contributed by atoms with Crippen LogP contribution in [0.1, 0.15) is 47.4 Å². The summed E-state index contributed by atoms with van der Waals surface area (Å²) in [7, 11) is 0. The molecule has 1 N–H and O–H groups in total. The first-order valence-electron chi connectivity index (χ1n) is 6.61. The molecular formula is C14H21NO3. The number of nitrogens with zero attached hydrogens (tertiary/aromatic N) is 1. The maximum atomic E-state index is 12.6. The molecule has 1 amide bonds. The van der Waals surface area contributed by atoms with Crippen LogP contribution in [0.25, 0.3) is 0 Å². The molecule has 1 aliphatic rings. The number of hydrogen-bond acceptors (Lipinski definition) is 3. The number of amides is 1. The van der Waals surface area contributed by atoms with Gasteiger partial charge in [0.1, 0.15) is 5.76 Å². The highest BCUT2D eigenvalue weighted by Gasteiger charge is 2.29. The van der Waals surface area contributed by atoms with Crippen molar-refractivity contribution in [3.63, 3.8) is 0 Å². The molecule has 100 valence electrons. The van der Waals surface area contributed by atoms with Gasteiger partial charge in [0.05, 0.1) is 11.8 Å². The van der Waals surface area contributed by atoms with Crippen LogP contribution in [-0.4, -0.2) is 35.1 Å². The Hall–Kier alpha value is -1.29. The molecule has 1 aromatic heterocycles. The van der Waals surface area contributed by atoms with Crippen LogP contribution >= 0.6 is 0 Å². The van der Waals surface area contributed by atoms with Crippen molar-refractivity contribution < 1.29 is 14.3 Å². The molecule has 0 aliphatic carbocycles. The lowest BCUT2D eigenvalue weighted by atomic mass is 9.98. The van der Waals surface area contributed by atoms with Crippen LogP contribution in [0.3, 0.4) is 0 Å². The molecule has 4 nitrogen and oxygen atoms in total. The van der Waals surface area contributed by atoms with E-state index >= 15 is 0 Å². The Bertz CT molecular complexity index is 403. The van der Waals surface area contributed by atoms with Gasteiger partial charge in [-0.05, 0) is 39.5 Å². The molecule has 0 saturated carbocycles. The summed E-state index contributed by atoms with van der Waals surface area (Å²) < 4.78 is 5.31. The van der Waals surface area contributed by atoms with Crippen molar-refractivity contribution in [2.24, 2.45) is 0 Å². The second-order valence-corrected chi connectivity index (χ2v) is 5.01. The average Bonchev–Trinajstić information content (AvgIpc) is 2.69. The molecule has 0 radical (unpaired) electrons. The minimum absolute atomic E-state index is 0.0527. The van der Waals surface area contributed by atoms with Gasteiger partial charge in [-0.2, -0.15) is 0 Å². The third kappa shape index (κ3) is 2.43. The summed E-state index contributed by atoms with van der Waals surface area (Å²) in [4.78, 5) is 14.5. The Morgan fingerprint density at radius 2 is 2.28 bits per heavy atom. The summed E-state index contributed by atoms with van der Waals surface area (Å²) in [6, 6.07) is 0.171. The van der Waals surface area contributed by atoms with Crippen LogP contribution < -0.4 is 0 Å². The summed E-state index contributed by atoms with van der Waals surface area (Å²) in [6.45, 7) is 4.64. The maximum absolute atomic E-state index is 12.6. The highest BCUT2D eigenvalue weighted by atomic mass is 16.3. The SMILES string of the molecule is Cc1coc(C)c1C(=O)N1CCCCC1CCO. The van der Waals surface area contributed by atoms with E-state index in [1.807, 2.05) is 18.7 Å². The summed E-state index contributed by atoms with van der Waals surface area (Å²) in [5, 5.41) is 9.10. The van der Waals surface area contributed by atoms with Crippen LogP contribution in [0.2, 0.25) is 0 Å². The van der Waals surface area contributed by atoms with Gasteiger partial charge in [0, 0.05) is 24.8 Å². The van der Waals surface area contributed by atoms with E-state index in [4.69, 9.17) is 9.52 Å². The number of aliphatic hydroxyl groups is 1. The lowest BCUT2D eigenvalue weighted by Crippen LogP contribution is -2.44. The lowest BCUT2D eigenvalue weighted by Gasteiger charge is -2.35. The van der Waals surface area contributed by atoms with Crippen LogP contribution in [0, 0.1) is 13.8 Å². The van der Waals surface area contributed by atoms with Crippen molar-refractivity contribution in [2.75, 3.05) is 13.2 Å². The number of rotatable bonds is 3. The van der Waals surface area contributed by atoms with Crippen molar-refractivity contribution in [2.45, 2.75) is 45.6 Å². The van der Waals surface area contributed by atoms with Gasteiger partial charge in [0.2, 0.25) is 0 Å². The Morgan fingerprint density at radius 3 is 2.89 bits per heavy atom. The van der Waals surface area contributed by atoms with Crippen molar-refractivity contribution in [1.82, 2.24) is 4.90 Å². The molecule has 1 fully saturated rings. The van der Waals surface area contributed by atoms with Gasteiger partial charge in [-0.25, -0.2) is 0 Å². The number of furan rings is 1. The van der Waals surface area contributed by atoms with E-state index in [0.717, 1.165) is 31.4 Å². The van der Waals surface area contributed by atoms with E-state index in [2.05, 4.69) is 0 Å². The first-order valence-corrected chi connectivity index (χ1v) is 6.61. The number of carbonyl (C=O) groups excluding carboxylic acids is 1. The highest BCUT2D eigenvalue weighted by Crippen LogP contribution is 2.25. The Labute approximate surface area is 108 Å². The fourth-order valence-corrected chi connectivity index (χ4v) is 2.75. The molecule has 0 aromatic carbocycles. The summed E-state index contributed by atoms with van der Waals surface area (Å²) in [6.07, 6.45) is 5.47. The van der Waals surface area contributed by atoms with Crippen LogP contribution in [0.4, 0.5) is 0 Å². The Kier molecular flexibility index (Phi) is 4.07. The maximum Gasteiger partial charge on any atom is 0.257 e. The van der Waals surface area contributed by atoms with Gasteiger partial charge in [-0.3, -0.25) is 4.79 Å². The van der Waals surface area contributed by atoms with E-state index < -0.39 is 0 Å². The van der Waals surface area contributed by atoms with E-state index in [-0.39, 0.29) is 18.6 Å². The van der Waals surface area contributed by atoms with Gasteiger partial charge in [-0.1, -0.05) is 0 Å². The molecule has 0 spiro atoms. The normalized spacial score (nSPS) is 20.2. The van der Waals surface area contributed by atoms with Crippen LogP contribution in [0.15, 0.2) is 10.7 Å². The third-order valence-corrected chi connectivity index (χ3v) is 3.72. The van der Waals surface area contributed by atoms with Crippen molar-refractivity contribution in [3.8, 4) is 0 Å². The average molecular weight is 251 g/mol. The fraction of sp³-hybridized carbons (Fsp3) is 0.643. The summed E-state index contributed by atoms with van der Waals surface area (Å²) in [5.74, 6) is 0.739. The molecule has 0 bridgehead atoms. The van der Waals surface area contributed by atoms with E-state index in [0.29, 0.717) is 17.7 Å². The third-order valence-electron chi connectivity index (χ3n) is 3.72. The predicted octanol–water partition coefficient (Wildman–Crippen LogP) is 2.27. The second-order valence-electron chi connectivity index (χ2n) is 5.01. The summed E-state index contributed by atoms with van der Waals surface area (Å²) in [5.41, 5.74) is 1.59. The molecule has 2 rings (SSSR count). The zero-order valence-corrected chi connectivity index (χ0v) is 11.1. The van der Waals surface area contributed by atoms with E-state index in [1.165, 1.54) is 0 Å². The smallest absolute Gasteiger partial charge is 0.257 e. The predicted molar refractivity (Wildman–Crippen MR) is 68.6 cm³/mol. The molecule has 1 aromatic rings. The molecular weight excluding hydrogens is 230 g/mol. The molecule has 4 heteroatoms. The quantitative estimate of drug-likeness (QED) is 0.896. The van der Waals surface area contributed by atoms with Gasteiger partial charge in [-0.15, -0.1) is 0 Å². The highest BCUT2D eigenvalue weighted by molar-refractivity contribution is 5.96. The van der Waals surface area contributed by atoms with Crippen molar-refractivity contribution in [1.29, 1.82) is 0 Å². The molecule has 18 heavy (non-hydrogen) atoms. The molecule has 1 unspecified atom stereocenters. The zero-order chi connectivity index (χ0) is 13.1. The molecule has 1 aliphatic heterocycles. The van der Waals surface area contributed by atoms with Gasteiger partial charge in [0.25, 0.3) is 5.91 Å². The topological polar surface area (TPSA) is 53.7 Å². The van der Waals surface area contributed by atoms with Gasteiger partial charge in [0.15, 0.2) is 0 Å². The van der Waals surface area contributed by atoms with E-state index in [1.54, 1.807) is 6.26 Å². The number of aliphatic hydroxyl groups excluding tert-OH is 1. The van der Waals surface area contributed by atoms with Crippen molar-refractivity contribution in [3.05, 3.63) is 23.2 Å². The zero-order valence-electron chi connectivity index (χ0n) is 11.1. The monoisotopic (exact) mass is 251 g/mol. The Balaban J connectivity index is 2.21. The first kappa shape index (κ1) is 13.1. The fourth-order valence-electron chi connectivity index (χ4n) is 2.75. The molecule has 1 saturated heterocycles. The minimum Gasteiger partial charge on any atom is -0.469 e. The van der Waals surface area contributed by atoms with Crippen LogP contribution in [0.5, 0.6) is 0 Å². The lowest BCUT2D eigenvalue weighted by molar-refractivity contribution is 0.0572. The minimum atomic E-state index is 0.0527. The number of hydrogen-bond donors (Lipinski definition) is 1. The van der Waals surface area contributed by atoms with E-state index in [9.17, 15) is 4.79 Å². The largest absolute Gasteiger partial charge is 0.469 e. The number of likely N-dealkylation sites (tertiary alicyclic amines) is 1. The number of piperidine rings is 1. The second kappa shape index (κ2) is 5.57. The number of aryl methyl sites for hydroxylation is 2. The van der Waals surface area contributed by atoms with Crippen molar-refractivity contribution >= 4 is 5.91 Å². The first-order chi connectivity index (χ1) is 8.65. The molecule has 2 heterocycles. The number of carbonyl (C=O) groups is 1. The van der Waals surface area contributed by atoms with Gasteiger partial charge < -0.3 is 14.4 Å². The summed E-state index contributed by atoms with van der Waals surface area (Å²) >= 11 is 0. The van der Waals surface area contributed by atoms with Gasteiger partial charge >= 0.3 is 0 Å².